The van der Waals surface area contributed by atoms with Crippen LogP contribution in [0.4, 0.5) is 0 Å². The summed E-state index contributed by atoms with van der Waals surface area (Å²) < 4.78 is 0. The van der Waals surface area contributed by atoms with Crippen molar-refractivity contribution in [1.82, 2.24) is 19.7 Å². The number of rotatable bonds is 3. The maximum atomic E-state index is 12.1. The first kappa shape index (κ1) is 14.0. The van der Waals surface area contributed by atoms with Crippen molar-refractivity contribution in [2.45, 2.75) is 0 Å². The van der Waals surface area contributed by atoms with E-state index in [-0.39, 0.29) is 11.8 Å². The average molecular weight is 282 g/mol. The average Bonchev–Trinajstić information content (AvgIpc) is 2.92. The zero-order valence-corrected chi connectivity index (χ0v) is 12.0. The first-order valence-electron chi connectivity index (χ1n) is 6.18. The van der Waals surface area contributed by atoms with Crippen LogP contribution in [0.1, 0.15) is 10.5 Å². The molecule has 0 N–H and O–H groups in total. The Balaban J connectivity index is 1.82. The minimum atomic E-state index is -0.0140. The SMILES string of the molecule is CN(C)C(=O)CN1CCN(C(=O)c2cscn2)CC1. The van der Waals surface area contributed by atoms with Gasteiger partial charge in [-0.1, -0.05) is 0 Å². The van der Waals surface area contributed by atoms with Crippen LogP contribution in [-0.4, -0.2) is 78.3 Å². The van der Waals surface area contributed by atoms with E-state index in [9.17, 15) is 9.59 Å². The van der Waals surface area contributed by atoms with Crippen LogP contribution in [0, 0.1) is 0 Å². The summed E-state index contributed by atoms with van der Waals surface area (Å²) in [6.07, 6.45) is 0. The fourth-order valence-corrected chi connectivity index (χ4v) is 2.45. The summed E-state index contributed by atoms with van der Waals surface area (Å²) in [4.78, 5) is 33.2. The summed E-state index contributed by atoms with van der Waals surface area (Å²) in [5.41, 5.74) is 2.18. The number of amides is 2. The van der Waals surface area contributed by atoms with Gasteiger partial charge in [-0.15, -0.1) is 11.3 Å². The van der Waals surface area contributed by atoms with Crippen molar-refractivity contribution in [3.8, 4) is 0 Å². The van der Waals surface area contributed by atoms with E-state index in [2.05, 4.69) is 9.88 Å². The number of hydrogen-bond donors (Lipinski definition) is 0. The molecule has 2 rings (SSSR count). The monoisotopic (exact) mass is 282 g/mol. The van der Waals surface area contributed by atoms with E-state index in [0.29, 0.717) is 25.3 Å². The van der Waals surface area contributed by atoms with Crippen molar-refractivity contribution in [2.24, 2.45) is 0 Å². The van der Waals surface area contributed by atoms with Crippen LogP contribution in [0.15, 0.2) is 10.9 Å². The number of aromatic nitrogens is 1. The topological polar surface area (TPSA) is 56.8 Å². The summed E-state index contributed by atoms with van der Waals surface area (Å²) in [6.45, 7) is 3.19. The zero-order valence-electron chi connectivity index (χ0n) is 11.2. The standard InChI is InChI=1S/C12H18N4O2S/c1-14(2)11(17)7-15-3-5-16(6-4-15)12(18)10-8-19-9-13-10/h8-9H,3-7H2,1-2H3. The van der Waals surface area contributed by atoms with Crippen LogP contribution in [0.25, 0.3) is 0 Å². The lowest BCUT2D eigenvalue weighted by Gasteiger charge is -2.34. The van der Waals surface area contributed by atoms with E-state index in [1.54, 1.807) is 34.8 Å². The Morgan fingerprint density at radius 1 is 1.32 bits per heavy atom. The van der Waals surface area contributed by atoms with Gasteiger partial charge < -0.3 is 9.80 Å². The molecule has 1 aliphatic rings. The summed E-state index contributed by atoms with van der Waals surface area (Å²) in [7, 11) is 3.51. The molecular formula is C12H18N4O2S. The molecule has 1 aromatic rings. The molecule has 7 heteroatoms. The Labute approximate surface area is 116 Å². The fraction of sp³-hybridized carbons (Fsp3) is 0.583. The molecule has 19 heavy (non-hydrogen) atoms. The third-order valence-electron chi connectivity index (χ3n) is 3.17. The molecule has 1 aliphatic heterocycles. The highest BCUT2D eigenvalue weighted by molar-refractivity contribution is 7.07. The van der Waals surface area contributed by atoms with Gasteiger partial charge in [0.2, 0.25) is 5.91 Å². The van der Waals surface area contributed by atoms with Gasteiger partial charge in [-0.25, -0.2) is 4.98 Å². The van der Waals surface area contributed by atoms with Crippen LogP contribution in [0.2, 0.25) is 0 Å². The highest BCUT2D eigenvalue weighted by Crippen LogP contribution is 2.09. The number of nitrogens with zero attached hydrogens (tertiary/aromatic N) is 4. The molecular weight excluding hydrogens is 264 g/mol. The zero-order chi connectivity index (χ0) is 13.8. The molecule has 1 fully saturated rings. The second-order valence-electron chi connectivity index (χ2n) is 4.73. The fourth-order valence-electron chi connectivity index (χ4n) is 1.92. The third kappa shape index (κ3) is 3.51. The van der Waals surface area contributed by atoms with Gasteiger partial charge in [0, 0.05) is 45.7 Å². The predicted molar refractivity (Wildman–Crippen MR) is 73.2 cm³/mol. The largest absolute Gasteiger partial charge is 0.348 e. The van der Waals surface area contributed by atoms with Gasteiger partial charge in [-0.05, 0) is 0 Å². The van der Waals surface area contributed by atoms with Crippen LogP contribution in [-0.2, 0) is 4.79 Å². The van der Waals surface area contributed by atoms with E-state index >= 15 is 0 Å². The summed E-state index contributed by atoms with van der Waals surface area (Å²) in [6, 6.07) is 0. The Bertz CT molecular complexity index is 439. The van der Waals surface area contributed by atoms with Crippen LogP contribution < -0.4 is 0 Å². The van der Waals surface area contributed by atoms with E-state index in [4.69, 9.17) is 0 Å². The number of likely N-dealkylation sites (N-methyl/N-ethyl adjacent to an activating group) is 1. The number of carbonyl (C=O) groups is 2. The molecule has 6 nitrogen and oxygen atoms in total. The number of hydrogen-bond acceptors (Lipinski definition) is 5. The molecule has 104 valence electrons. The first-order valence-corrected chi connectivity index (χ1v) is 7.12. The van der Waals surface area contributed by atoms with Gasteiger partial charge in [-0.2, -0.15) is 0 Å². The molecule has 0 atom stereocenters. The van der Waals surface area contributed by atoms with Crippen molar-refractivity contribution in [1.29, 1.82) is 0 Å². The van der Waals surface area contributed by atoms with Gasteiger partial charge in [0.1, 0.15) is 5.69 Å². The normalized spacial score (nSPS) is 16.4. The van der Waals surface area contributed by atoms with Crippen molar-refractivity contribution in [2.75, 3.05) is 46.8 Å². The lowest BCUT2D eigenvalue weighted by molar-refractivity contribution is -0.130. The maximum Gasteiger partial charge on any atom is 0.273 e. The lowest BCUT2D eigenvalue weighted by atomic mass is 10.3. The predicted octanol–water partition coefficient (Wildman–Crippen LogP) is -0.0109. The second kappa shape index (κ2) is 6.12. The third-order valence-corrected chi connectivity index (χ3v) is 3.76. The van der Waals surface area contributed by atoms with E-state index in [0.717, 1.165) is 13.1 Å². The van der Waals surface area contributed by atoms with Crippen LogP contribution in [0.5, 0.6) is 0 Å². The van der Waals surface area contributed by atoms with Crippen LogP contribution in [0.3, 0.4) is 0 Å². The lowest BCUT2D eigenvalue weighted by Crippen LogP contribution is -2.51. The minimum Gasteiger partial charge on any atom is -0.348 e. The Morgan fingerprint density at radius 3 is 2.53 bits per heavy atom. The van der Waals surface area contributed by atoms with Gasteiger partial charge in [0.05, 0.1) is 12.1 Å². The molecule has 0 bridgehead atoms. The van der Waals surface area contributed by atoms with Crippen molar-refractivity contribution in [3.63, 3.8) is 0 Å². The van der Waals surface area contributed by atoms with Gasteiger partial charge in [0.15, 0.2) is 0 Å². The molecule has 1 saturated heterocycles. The van der Waals surface area contributed by atoms with Gasteiger partial charge in [-0.3, -0.25) is 14.5 Å². The molecule has 0 aliphatic carbocycles. The smallest absolute Gasteiger partial charge is 0.273 e. The summed E-state index contributed by atoms with van der Waals surface area (Å²) in [5.74, 6) is 0.0825. The molecule has 0 aromatic carbocycles. The van der Waals surface area contributed by atoms with E-state index < -0.39 is 0 Å². The van der Waals surface area contributed by atoms with Gasteiger partial charge in [0.25, 0.3) is 5.91 Å². The molecule has 0 unspecified atom stereocenters. The van der Waals surface area contributed by atoms with Crippen molar-refractivity contribution >= 4 is 23.2 Å². The molecule has 0 radical (unpaired) electrons. The Morgan fingerprint density at radius 2 is 2.00 bits per heavy atom. The molecule has 0 saturated carbocycles. The number of piperazine rings is 1. The molecule has 0 spiro atoms. The van der Waals surface area contributed by atoms with E-state index in [1.165, 1.54) is 11.3 Å². The van der Waals surface area contributed by atoms with Crippen molar-refractivity contribution < 1.29 is 9.59 Å². The maximum absolute atomic E-state index is 12.1. The number of thiazole rings is 1. The summed E-state index contributed by atoms with van der Waals surface area (Å²) >= 11 is 1.42. The molecule has 2 amide bonds. The Hall–Kier alpha value is -1.47. The minimum absolute atomic E-state index is 0.0140. The molecule has 1 aromatic heterocycles. The summed E-state index contributed by atoms with van der Waals surface area (Å²) in [5, 5.41) is 1.77. The molecule has 2 heterocycles. The quantitative estimate of drug-likeness (QED) is 0.782. The van der Waals surface area contributed by atoms with Crippen molar-refractivity contribution in [3.05, 3.63) is 16.6 Å². The van der Waals surface area contributed by atoms with E-state index in [1.807, 2.05) is 0 Å². The Kier molecular flexibility index (Phi) is 4.49. The highest BCUT2D eigenvalue weighted by atomic mass is 32.1. The highest BCUT2D eigenvalue weighted by Gasteiger charge is 2.24. The number of carbonyl (C=O) groups excluding carboxylic acids is 2. The van der Waals surface area contributed by atoms with Gasteiger partial charge >= 0.3 is 0 Å². The second-order valence-corrected chi connectivity index (χ2v) is 5.45. The first-order chi connectivity index (χ1) is 9.08. The van der Waals surface area contributed by atoms with Crippen LogP contribution >= 0.6 is 11.3 Å².